The lowest BCUT2D eigenvalue weighted by Gasteiger charge is -2.26. The van der Waals surface area contributed by atoms with E-state index in [1.54, 1.807) is 0 Å². The fourth-order valence-corrected chi connectivity index (χ4v) is 1.31. The molecule has 1 nitrogen and oxygen atoms in total. The summed E-state index contributed by atoms with van der Waals surface area (Å²) in [7, 11) is 0. The Kier molecular flexibility index (Phi) is 4.91. The van der Waals surface area contributed by atoms with Crippen molar-refractivity contribution >= 4 is 12.4 Å². The third-order valence-electron chi connectivity index (χ3n) is 2.29. The second kappa shape index (κ2) is 5.18. The number of aryl methyl sites for hydroxylation is 1. The minimum absolute atomic E-state index is 0. The summed E-state index contributed by atoms with van der Waals surface area (Å²) in [4.78, 5) is 0. The van der Waals surface area contributed by atoms with Crippen LogP contribution in [0.4, 0.5) is 22.0 Å². The highest BCUT2D eigenvalue weighted by molar-refractivity contribution is 5.85. The lowest BCUT2D eigenvalue weighted by Crippen LogP contribution is -2.46. The van der Waals surface area contributed by atoms with E-state index in [1.165, 1.54) is 31.2 Å². The highest BCUT2D eigenvalue weighted by Crippen LogP contribution is 2.43. The molecule has 0 heterocycles. The number of rotatable bonds is 2. The van der Waals surface area contributed by atoms with Crippen LogP contribution < -0.4 is 5.73 Å². The first-order valence-corrected chi connectivity index (χ1v) is 4.43. The van der Waals surface area contributed by atoms with Gasteiger partial charge >= 0.3 is 12.1 Å². The number of hydrogen-bond acceptors (Lipinski definition) is 1. The molecule has 0 unspecified atom stereocenters. The normalized spacial score (nSPS) is 14.1. The van der Waals surface area contributed by atoms with Crippen LogP contribution in [0.3, 0.4) is 0 Å². The van der Waals surface area contributed by atoms with Gasteiger partial charge in [-0.25, -0.2) is 0 Å². The van der Waals surface area contributed by atoms with Gasteiger partial charge in [-0.1, -0.05) is 24.3 Å². The fraction of sp³-hybridized carbons (Fsp3) is 0.400. The molecule has 1 rings (SSSR count). The van der Waals surface area contributed by atoms with Gasteiger partial charge < -0.3 is 5.73 Å². The molecule has 0 aliphatic rings. The smallest absolute Gasteiger partial charge is 0.319 e. The maximum Gasteiger partial charge on any atom is 0.455 e. The molecule has 98 valence electrons. The summed E-state index contributed by atoms with van der Waals surface area (Å²) in [6, 6.07) is 3.13. The SMILES string of the molecule is Cc1ccccc1[C@H](N)C(F)(F)C(F)(F)F.Cl. The summed E-state index contributed by atoms with van der Waals surface area (Å²) in [6.07, 6.45) is -5.64. The van der Waals surface area contributed by atoms with Crippen molar-refractivity contribution in [3.8, 4) is 0 Å². The number of halogens is 6. The van der Waals surface area contributed by atoms with Crippen molar-refractivity contribution in [1.29, 1.82) is 0 Å². The van der Waals surface area contributed by atoms with Gasteiger partial charge in [0.15, 0.2) is 0 Å². The van der Waals surface area contributed by atoms with E-state index in [2.05, 4.69) is 0 Å². The van der Waals surface area contributed by atoms with E-state index in [9.17, 15) is 22.0 Å². The largest absolute Gasteiger partial charge is 0.455 e. The molecule has 17 heavy (non-hydrogen) atoms. The Morgan fingerprint density at radius 3 is 1.94 bits per heavy atom. The first kappa shape index (κ1) is 16.1. The van der Waals surface area contributed by atoms with E-state index < -0.39 is 18.1 Å². The molecular weight excluding hydrogens is 265 g/mol. The van der Waals surface area contributed by atoms with Gasteiger partial charge in [0.25, 0.3) is 0 Å². The summed E-state index contributed by atoms with van der Waals surface area (Å²) in [5.41, 5.74) is 5.09. The molecule has 7 heteroatoms. The first-order valence-electron chi connectivity index (χ1n) is 4.43. The molecule has 1 aromatic rings. The maximum atomic E-state index is 12.9. The van der Waals surface area contributed by atoms with Gasteiger partial charge in [0, 0.05) is 0 Å². The van der Waals surface area contributed by atoms with Crippen molar-refractivity contribution in [3.05, 3.63) is 35.4 Å². The van der Waals surface area contributed by atoms with E-state index >= 15 is 0 Å². The molecular formula is C10H11ClF5N. The Labute approximate surface area is 101 Å². The van der Waals surface area contributed by atoms with E-state index in [0.717, 1.165) is 0 Å². The van der Waals surface area contributed by atoms with Gasteiger partial charge in [-0.05, 0) is 18.1 Å². The van der Waals surface area contributed by atoms with Crippen molar-refractivity contribution < 1.29 is 22.0 Å². The van der Waals surface area contributed by atoms with Crippen LogP contribution in [0.2, 0.25) is 0 Å². The monoisotopic (exact) mass is 275 g/mol. The minimum atomic E-state index is -5.64. The summed E-state index contributed by atoms with van der Waals surface area (Å²) >= 11 is 0. The zero-order valence-electron chi connectivity index (χ0n) is 8.76. The molecule has 0 spiro atoms. The van der Waals surface area contributed by atoms with Crippen LogP contribution in [0, 0.1) is 6.92 Å². The third kappa shape index (κ3) is 3.07. The molecule has 0 bridgehead atoms. The van der Waals surface area contributed by atoms with Crippen molar-refractivity contribution in [1.82, 2.24) is 0 Å². The average Bonchev–Trinajstić information content (AvgIpc) is 2.15. The van der Waals surface area contributed by atoms with E-state index in [-0.39, 0.29) is 18.0 Å². The van der Waals surface area contributed by atoms with Crippen LogP contribution in [0.1, 0.15) is 17.2 Å². The van der Waals surface area contributed by atoms with Crippen LogP contribution in [-0.4, -0.2) is 12.1 Å². The fourth-order valence-electron chi connectivity index (χ4n) is 1.31. The molecule has 0 saturated heterocycles. The Hall–Kier alpha value is -0.880. The van der Waals surface area contributed by atoms with Crippen molar-refractivity contribution in [2.24, 2.45) is 5.73 Å². The quantitative estimate of drug-likeness (QED) is 0.820. The predicted octanol–water partition coefficient (Wildman–Crippen LogP) is 3.61. The van der Waals surface area contributed by atoms with Crippen LogP contribution in [0.15, 0.2) is 24.3 Å². The van der Waals surface area contributed by atoms with Gasteiger partial charge in [-0.2, -0.15) is 22.0 Å². The third-order valence-corrected chi connectivity index (χ3v) is 2.29. The van der Waals surface area contributed by atoms with E-state index in [1.807, 2.05) is 0 Å². The molecule has 2 N–H and O–H groups in total. The van der Waals surface area contributed by atoms with Crippen LogP contribution in [0.5, 0.6) is 0 Å². The average molecular weight is 276 g/mol. The standard InChI is InChI=1S/C10H10F5N.ClH/c1-6-4-2-3-5-7(6)8(16)9(11,12)10(13,14)15;/h2-5,8H,16H2,1H3;1H/t8-;/m0./s1. The number of hydrogen-bond donors (Lipinski definition) is 1. The zero-order valence-corrected chi connectivity index (χ0v) is 9.58. The molecule has 0 radical (unpaired) electrons. The van der Waals surface area contributed by atoms with Crippen LogP contribution in [-0.2, 0) is 0 Å². The predicted molar refractivity (Wildman–Crippen MR) is 56.4 cm³/mol. The van der Waals surface area contributed by atoms with Crippen LogP contribution in [0.25, 0.3) is 0 Å². The number of alkyl halides is 5. The molecule has 0 aliphatic heterocycles. The molecule has 0 saturated carbocycles. The summed E-state index contributed by atoms with van der Waals surface area (Å²) in [6.45, 7) is 1.43. The highest BCUT2D eigenvalue weighted by Gasteiger charge is 2.61. The van der Waals surface area contributed by atoms with Gasteiger partial charge in [0.05, 0.1) is 0 Å². The molecule has 1 aromatic carbocycles. The lowest BCUT2D eigenvalue weighted by molar-refractivity contribution is -0.291. The number of nitrogens with two attached hydrogens (primary N) is 1. The molecule has 0 fully saturated rings. The lowest BCUT2D eigenvalue weighted by atomic mass is 9.97. The van der Waals surface area contributed by atoms with Crippen molar-refractivity contribution in [2.75, 3.05) is 0 Å². The van der Waals surface area contributed by atoms with Crippen molar-refractivity contribution in [3.63, 3.8) is 0 Å². The molecule has 0 aliphatic carbocycles. The Morgan fingerprint density at radius 1 is 1.06 bits per heavy atom. The maximum absolute atomic E-state index is 12.9. The Morgan fingerprint density at radius 2 is 1.53 bits per heavy atom. The molecule has 0 amide bonds. The zero-order chi connectivity index (χ0) is 12.6. The summed E-state index contributed by atoms with van der Waals surface area (Å²) < 4.78 is 62.1. The minimum Gasteiger partial charge on any atom is -0.319 e. The van der Waals surface area contributed by atoms with Gasteiger partial charge in [0.1, 0.15) is 6.04 Å². The van der Waals surface area contributed by atoms with Crippen LogP contribution >= 0.6 is 12.4 Å². The van der Waals surface area contributed by atoms with Gasteiger partial charge in [-0.15, -0.1) is 12.4 Å². The second-order valence-electron chi connectivity index (χ2n) is 3.45. The Bertz CT molecular complexity index is 377. The topological polar surface area (TPSA) is 26.0 Å². The molecule has 1 atom stereocenters. The van der Waals surface area contributed by atoms with Crippen molar-refractivity contribution in [2.45, 2.75) is 25.1 Å². The van der Waals surface area contributed by atoms with E-state index in [0.29, 0.717) is 5.56 Å². The molecule has 0 aromatic heterocycles. The van der Waals surface area contributed by atoms with Gasteiger partial charge in [0.2, 0.25) is 0 Å². The van der Waals surface area contributed by atoms with Gasteiger partial charge in [-0.3, -0.25) is 0 Å². The second-order valence-corrected chi connectivity index (χ2v) is 3.45. The highest BCUT2D eigenvalue weighted by atomic mass is 35.5. The van der Waals surface area contributed by atoms with E-state index in [4.69, 9.17) is 5.73 Å². The summed E-state index contributed by atoms with van der Waals surface area (Å²) in [5.74, 6) is -4.93. The number of benzene rings is 1. The first-order chi connectivity index (χ1) is 7.18. The summed E-state index contributed by atoms with van der Waals surface area (Å²) in [5, 5.41) is 0. The Balaban J connectivity index is 0.00000256.